The first-order valence-electron chi connectivity index (χ1n) is 5.82. The van der Waals surface area contributed by atoms with Crippen LogP contribution in [0.15, 0.2) is 24.3 Å². The third-order valence-corrected chi connectivity index (χ3v) is 2.88. The molecule has 2 aromatic carbocycles. The highest BCUT2D eigenvalue weighted by Crippen LogP contribution is 2.29. The Bertz CT molecular complexity index is 690. The summed E-state index contributed by atoms with van der Waals surface area (Å²) in [5.74, 6) is 1.52. The fourth-order valence-corrected chi connectivity index (χ4v) is 1.86. The van der Waals surface area contributed by atoms with Crippen LogP contribution in [0.2, 0.25) is 0 Å². The van der Waals surface area contributed by atoms with Gasteiger partial charge in [-0.15, -0.1) is 5.92 Å². The molecule has 2 rings (SSSR count). The highest BCUT2D eigenvalue weighted by molar-refractivity contribution is 5.66. The second kappa shape index (κ2) is 5.38. The molecule has 20 heavy (non-hydrogen) atoms. The van der Waals surface area contributed by atoms with E-state index in [1.165, 1.54) is 13.8 Å². The summed E-state index contributed by atoms with van der Waals surface area (Å²) >= 11 is 0. The average Bonchev–Trinajstić information content (AvgIpc) is 2.35. The number of rotatable bonds is 1. The minimum atomic E-state index is -0.912. The molecule has 0 N–H and O–H groups in total. The molecule has 0 aliphatic rings. The molecular formula is C16H10F4. The molecule has 0 aliphatic heterocycles. The van der Waals surface area contributed by atoms with E-state index in [9.17, 15) is 17.6 Å². The zero-order chi connectivity index (χ0) is 14.9. The minimum Gasteiger partial charge on any atom is -0.207 e. The normalized spacial score (nSPS) is 10.1. The average molecular weight is 278 g/mol. The Kier molecular flexibility index (Phi) is 3.80. The van der Waals surface area contributed by atoms with Gasteiger partial charge in [0.2, 0.25) is 0 Å². The van der Waals surface area contributed by atoms with Crippen molar-refractivity contribution in [3.05, 3.63) is 58.7 Å². The Morgan fingerprint density at radius 2 is 1.30 bits per heavy atom. The van der Waals surface area contributed by atoms with E-state index in [1.807, 2.05) is 0 Å². The number of benzene rings is 2. The molecule has 0 bridgehead atoms. The van der Waals surface area contributed by atoms with Gasteiger partial charge < -0.3 is 0 Å². The zero-order valence-electron chi connectivity index (χ0n) is 10.8. The Balaban J connectivity index is 2.66. The monoisotopic (exact) mass is 278 g/mol. The van der Waals surface area contributed by atoms with Crippen molar-refractivity contribution >= 4 is 0 Å². The topological polar surface area (TPSA) is 0 Å². The van der Waals surface area contributed by atoms with Crippen molar-refractivity contribution in [2.24, 2.45) is 0 Å². The molecule has 4 heteroatoms. The van der Waals surface area contributed by atoms with Crippen LogP contribution in [0.4, 0.5) is 17.6 Å². The van der Waals surface area contributed by atoms with E-state index in [-0.39, 0.29) is 16.7 Å². The third-order valence-electron chi connectivity index (χ3n) is 2.88. The quantitative estimate of drug-likeness (QED) is 0.528. The van der Waals surface area contributed by atoms with Crippen molar-refractivity contribution < 1.29 is 17.6 Å². The van der Waals surface area contributed by atoms with Crippen LogP contribution >= 0.6 is 0 Å². The summed E-state index contributed by atoms with van der Waals surface area (Å²) in [6.45, 7) is 2.79. The van der Waals surface area contributed by atoms with E-state index in [1.54, 1.807) is 0 Å². The molecule has 0 saturated carbocycles. The number of halogens is 4. The van der Waals surface area contributed by atoms with Crippen molar-refractivity contribution in [2.45, 2.75) is 13.8 Å². The molecule has 0 aromatic heterocycles. The van der Waals surface area contributed by atoms with Gasteiger partial charge in [0.15, 0.2) is 0 Å². The van der Waals surface area contributed by atoms with Gasteiger partial charge in [-0.1, -0.05) is 5.92 Å². The maximum atomic E-state index is 13.9. The molecule has 0 fully saturated rings. The van der Waals surface area contributed by atoms with E-state index >= 15 is 0 Å². The van der Waals surface area contributed by atoms with Gasteiger partial charge in [0, 0.05) is 11.1 Å². The number of hydrogen-bond acceptors (Lipinski definition) is 0. The molecule has 0 heterocycles. The Morgan fingerprint density at radius 1 is 0.800 bits per heavy atom. The predicted molar refractivity (Wildman–Crippen MR) is 69.0 cm³/mol. The van der Waals surface area contributed by atoms with E-state index in [0.717, 1.165) is 24.3 Å². The van der Waals surface area contributed by atoms with Crippen LogP contribution in [0, 0.1) is 42.0 Å². The van der Waals surface area contributed by atoms with E-state index in [4.69, 9.17) is 0 Å². The van der Waals surface area contributed by atoms with Gasteiger partial charge in [-0.05, 0) is 43.7 Å². The van der Waals surface area contributed by atoms with Gasteiger partial charge in [0.1, 0.15) is 23.3 Å². The van der Waals surface area contributed by atoms with Gasteiger partial charge in [-0.2, -0.15) is 0 Å². The van der Waals surface area contributed by atoms with Crippen molar-refractivity contribution in [1.82, 2.24) is 0 Å². The first-order valence-corrected chi connectivity index (χ1v) is 5.82. The molecule has 0 amide bonds. The molecule has 0 saturated heterocycles. The molecule has 2 aromatic rings. The second-order valence-electron chi connectivity index (χ2n) is 4.25. The van der Waals surface area contributed by atoms with Crippen LogP contribution in [-0.2, 0) is 0 Å². The van der Waals surface area contributed by atoms with Crippen LogP contribution in [0.1, 0.15) is 18.1 Å². The minimum absolute atomic E-state index is 0.166. The molecule has 0 radical (unpaired) electrons. The summed E-state index contributed by atoms with van der Waals surface area (Å²) in [6, 6.07) is 3.88. The maximum absolute atomic E-state index is 13.9. The lowest BCUT2D eigenvalue weighted by molar-refractivity contribution is 0.566. The molecular weight excluding hydrogens is 268 g/mol. The van der Waals surface area contributed by atoms with Crippen molar-refractivity contribution in [3.8, 4) is 23.0 Å². The van der Waals surface area contributed by atoms with Gasteiger partial charge in [-0.25, -0.2) is 17.6 Å². The van der Waals surface area contributed by atoms with Gasteiger partial charge in [0.05, 0.1) is 5.56 Å². The van der Waals surface area contributed by atoms with E-state index in [2.05, 4.69) is 11.8 Å². The molecule has 0 nitrogen and oxygen atoms in total. The SMILES string of the molecule is CC#Cc1cc(F)c(-c2cc(F)c(C)c(F)c2)c(F)c1. The lowest BCUT2D eigenvalue weighted by Crippen LogP contribution is -1.96. The van der Waals surface area contributed by atoms with Gasteiger partial charge in [-0.3, -0.25) is 0 Å². The van der Waals surface area contributed by atoms with Crippen molar-refractivity contribution in [3.63, 3.8) is 0 Å². The van der Waals surface area contributed by atoms with Crippen LogP contribution in [-0.4, -0.2) is 0 Å². The third kappa shape index (κ3) is 2.53. The maximum Gasteiger partial charge on any atom is 0.135 e. The first-order chi connectivity index (χ1) is 9.43. The van der Waals surface area contributed by atoms with Crippen molar-refractivity contribution in [1.29, 1.82) is 0 Å². The van der Waals surface area contributed by atoms with Gasteiger partial charge >= 0.3 is 0 Å². The Hall–Kier alpha value is -2.28. The molecule has 0 aliphatic carbocycles. The highest BCUT2D eigenvalue weighted by Gasteiger charge is 2.16. The Labute approximate surface area is 114 Å². The van der Waals surface area contributed by atoms with Crippen molar-refractivity contribution in [2.75, 3.05) is 0 Å². The standard InChI is InChI=1S/C16H10F4/c1-3-4-10-5-14(19)16(15(20)6-10)11-7-12(17)9(2)13(18)8-11/h5-8H,1-2H3. The summed E-state index contributed by atoms with van der Waals surface area (Å²) < 4.78 is 54.8. The summed E-state index contributed by atoms with van der Waals surface area (Å²) in [5.41, 5.74) is -0.677. The second-order valence-corrected chi connectivity index (χ2v) is 4.25. The van der Waals surface area contributed by atoms with Crippen LogP contribution < -0.4 is 0 Å². The van der Waals surface area contributed by atoms with Crippen LogP contribution in [0.5, 0.6) is 0 Å². The zero-order valence-corrected chi connectivity index (χ0v) is 10.8. The van der Waals surface area contributed by atoms with E-state index < -0.39 is 28.8 Å². The fraction of sp³-hybridized carbons (Fsp3) is 0.125. The summed E-state index contributed by atoms with van der Waals surface area (Å²) in [7, 11) is 0. The highest BCUT2D eigenvalue weighted by atomic mass is 19.1. The van der Waals surface area contributed by atoms with Gasteiger partial charge in [0.25, 0.3) is 0 Å². The predicted octanol–water partition coefficient (Wildman–Crippen LogP) is 4.59. The van der Waals surface area contributed by atoms with Crippen LogP contribution in [0.25, 0.3) is 11.1 Å². The largest absolute Gasteiger partial charge is 0.207 e. The lowest BCUT2D eigenvalue weighted by atomic mass is 10.0. The molecule has 0 unspecified atom stereocenters. The summed E-state index contributed by atoms with van der Waals surface area (Å²) in [4.78, 5) is 0. The van der Waals surface area contributed by atoms with E-state index in [0.29, 0.717) is 0 Å². The first kappa shape index (κ1) is 14.1. The van der Waals surface area contributed by atoms with Crippen LogP contribution in [0.3, 0.4) is 0 Å². The lowest BCUT2D eigenvalue weighted by Gasteiger charge is -2.08. The Morgan fingerprint density at radius 3 is 1.75 bits per heavy atom. The molecule has 0 atom stereocenters. The molecule has 102 valence electrons. The summed E-state index contributed by atoms with van der Waals surface area (Å²) in [6.07, 6.45) is 0. The smallest absolute Gasteiger partial charge is 0.135 e. The fourth-order valence-electron chi connectivity index (χ4n) is 1.86. The summed E-state index contributed by atoms with van der Waals surface area (Å²) in [5, 5.41) is 0. The number of hydrogen-bond donors (Lipinski definition) is 0. The molecule has 0 spiro atoms.